The minimum Gasteiger partial charge on any atom is -0.497 e. The quantitative estimate of drug-likeness (QED) is 0.295. The molecule has 0 fully saturated rings. The summed E-state index contributed by atoms with van der Waals surface area (Å²) in [5.74, 6) is 6.49. The van der Waals surface area contributed by atoms with Crippen LogP contribution >= 0.6 is 8.53 Å². The van der Waals surface area contributed by atoms with Crippen molar-refractivity contribution >= 4 is 14.5 Å². The highest BCUT2D eigenvalue weighted by molar-refractivity contribution is 7.45. The summed E-state index contributed by atoms with van der Waals surface area (Å²) in [4.78, 5) is 11.7. The standard InChI is InChI=1S/C18H24NO5P/c1-5-6-10-17(21-4)14-22-25(19-13-18(20)23-15(2)3)24-16-11-8-7-9-12-16/h7-9,11-12,14-15,19H,10,13H2,1-4H3/b17-14-. The number of esters is 1. The van der Waals surface area contributed by atoms with Crippen molar-refractivity contribution in [2.75, 3.05) is 13.7 Å². The van der Waals surface area contributed by atoms with E-state index in [0.29, 0.717) is 17.9 Å². The van der Waals surface area contributed by atoms with Crippen LogP contribution in [0, 0.1) is 11.8 Å². The van der Waals surface area contributed by atoms with Crippen LogP contribution in [0.1, 0.15) is 27.2 Å². The Balaban J connectivity index is 2.70. The lowest BCUT2D eigenvalue weighted by Gasteiger charge is -2.17. The second kappa shape index (κ2) is 12.2. The third kappa shape index (κ3) is 9.61. The minimum atomic E-state index is -1.60. The number of rotatable bonds is 10. The fourth-order valence-electron chi connectivity index (χ4n) is 1.55. The van der Waals surface area contributed by atoms with Crippen LogP contribution in [-0.2, 0) is 18.8 Å². The van der Waals surface area contributed by atoms with Gasteiger partial charge in [0.05, 0.1) is 19.6 Å². The first-order valence-corrected chi connectivity index (χ1v) is 8.98. The molecule has 0 amide bonds. The Kier molecular flexibility index (Phi) is 10.2. The molecule has 0 saturated carbocycles. The van der Waals surface area contributed by atoms with Crippen molar-refractivity contribution in [3.05, 3.63) is 42.4 Å². The lowest BCUT2D eigenvalue weighted by atomic mass is 10.3. The Morgan fingerprint density at radius 1 is 1.32 bits per heavy atom. The van der Waals surface area contributed by atoms with E-state index >= 15 is 0 Å². The summed E-state index contributed by atoms with van der Waals surface area (Å²) in [7, 11) is -0.0611. The van der Waals surface area contributed by atoms with E-state index in [1.165, 1.54) is 6.26 Å². The second-order valence-corrected chi connectivity index (χ2v) is 6.26. The molecule has 0 bridgehead atoms. The molecule has 7 heteroatoms. The number of nitrogens with one attached hydrogen (secondary N) is 1. The van der Waals surface area contributed by atoms with Crippen LogP contribution in [0.25, 0.3) is 0 Å². The second-order valence-electron chi connectivity index (χ2n) is 5.03. The highest BCUT2D eigenvalue weighted by Gasteiger charge is 2.16. The van der Waals surface area contributed by atoms with Gasteiger partial charge in [0.1, 0.15) is 24.3 Å². The number of allylic oxidation sites excluding steroid dienone is 1. The molecule has 0 radical (unpaired) electrons. The zero-order chi connectivity index (χ0) is 18.5. The summed E-state index contributed by atoms with van der Waals surface area (Å²) in [6, 6.07) is 9.19. The summed E-state index contributed by atoms with van der Waals surface area (Å²) in [5, 5.41) is 2.92. The average Bonchev–Trinajstić information content (AvgIpc) is 2.59. The van der Waals surface area contributed by atoms with Crippen LogP contribution in [0.2, 0.25) is 0 Å². The molecule has 136 valence electrons. The van der Waals surface area contributed by atoms with Gasteiger partial charge in [-0.05, 0) is 32.9 Å². The molecule has 1 rings (SSSR count). The van der Waals surface area contributed by atoms with Gasteiger partial charge in [0.25, 0.3) is 0 Å². The monoisotopic (exact) mass is 365 g/mol. The maximum absolute atomic E-state index is 11.7. The predicted octanol–water partition coefficient (Wildman–Crippen LogP) is 3.75. The molecule has 1 aromatic carbocycles. The van der Waals surface area contributed by atoms with Gasteiger partial charge < -0.3 is 18.5 Å². The highest BCUT2D eigenvalue weighted by atomic mass is 31.2. The van der Waals surface area contributed by atoms with Crippen molar-refractivity contribution in [3.63, 3.8) is 0 Å². The molecule has 1 unspecified atom stereocenters. The summed E-state index contributed by atoms with van der Waals surface area (Å²) in [6.45, 7) is 5.31. The van der Waals surface area contributed by atoms with Gasteiger partial charge >= 0.3 is 14.5 Å². The molecule has 0 aliphatic heterocycles. The Morgan fingerprint density at radius 2 is 2.04 bits per heavy atom. The summed E-state index contributed by atoms with van der Waals surface area (Å²) in [5.41, 5.74) is 0. The van der Waals surface area contributed by atoms with Gasteiger partial charge in [-0.2, -0.15) is 0 Å². The topological polar surface area (TPSA) is 66.0 Å². The first-order valence-electron chi connectivity index (χ1n) is 7.80. The maximum atomic E-state index is 11.7. The zero-order valence-corrected chi connectivity index (χ0v) is 15.8. The Bertz CT molecular complexity index is 607. The van der Waals surface area contributed by atoms with E-state index in [-0.39, 0.29) is 18.6 Å². The van der Waals surface area contributed by atoms with Gasteiger partial charge in [-0.25, -0.2) is 5.09 Å². The molecule has 1 atom stereocenters. The van der Waals surface area contributed by atoms with Crippen LogP contribution in [0.3, 0.4) is 0 Å². The normalized spacial score (nSPS) is 12.0. The fraction of sp³-hybridized carbons (Fsp3) is 0.389. The van der Waals surface area contributed by atoms with Crippen molar-refractivity contribution < 1.29 is 23.3 Å². The Morgan fingerprint density at radius 3 is 2.64 bits per heavy atom. The van der Waals surface area contributed by atoms with Gasteiger partial charge in [-0.3, -0.25) is 4.79 Å². The first kappa shape index (κ1) is 20.8. The number of hydrogen-bond acceptors (Lipinski definition) is 6. The summed E-state index contributed by atoms with van der Waals surface area (Å²) >= 11 is 0. The van der Waals surface area contributed by atoms with Crippen LogP contribution in [0.5, 0.6) is 5.75 Å². The van der Waals surface area contributed by atoms with E-state index in [4.69, 9.17) is 18.5 Å². The van der Waals surface area contributed by atoms with E-state index in [1.54, 1.807) is 40.0 Å². The smallest absolute Gasteiger partial charge is 0.381 e. The van der Waals surface area contributed by atoms with Crippen LogP contribution in [0.15, 0.2) is 42.4 Å². The molecule has 0 aliphatic rings. The van der Waals surface area contributed by atoms with Gasteiger partial charge in [0.15, 0.2) is 0 Å². The van der Waals surface area contributed by atoms with E-state index in [1.807, 2.05) is 18.2 Å². The van der Waals surface area contributed by atoms with E-state index in [2.05, 4.69) is 16.9 Å². The first-order chi connectivity index (χ1) is 12.0. The lowest BCUT2D eigenvalue weighted by Crippen LogP contribution is -2.24. The number of carbonyl (C=O) groups is 1. The molecule has 0 saturated heterocycles. The number of carbonyl (C=O) groups excluding carboxylic acids is 1. The van der Waals surface area contributed by atoms with Crippen molar-refractivity contribution in [3.8, 4) is 17.6 Å². The molecule has 0 heterocycles. The van der Waals surface area contributed by atoms with Gasteiger partial charge in [0, 0.05) is 0 Å². The molecular weight excluding hydrogens is 341 g/mol. The number of benzene rings is 1. The number of hydrogen-bond donors (Lipinski definition) is 1. The molecule has 0 spiro atoms. The third-order valence-corrected chi connectivity index (χ3v) is 3.72. The average molecular weight is 365 g/mol. The van der Waals surface area contributed by atoms with Crippen molar-refractivity contribution in [1.82, 2.24) is 5.09 Å². The van der Waals surface area contributed by atoms with Gasteiger partial charge in [-0.15, -0.1) is 5.92 Å². The number of methoxy groups -OCH3 is 1. The van der Waals surface area contributed by atoms with Crippen molar-refractivity contribution in [2.45, 2.75) is 33.3 Å². The molecule has 6 nitrogen and oxygen atoms in total. The maximum Gasteiger partial charge on any atom is 0.381 e. The molecule has 25 heavy (non-hydrogen) atoms. The third-order valence-electron chi connectivity index (χ3n) is 2.63. The van der Waals surface area contributed by atoms with Crippen molar-refractivity contribution in [2.24, 2.45) is 0 Å². The van der Waals surface area contributed by atoms with E-state index < -0.39 is 8.53 Å². The zero-order valence-electron chi connectivity index (χ0n) is 14.9. The van der Waals surface area contributed by atoms with Gasteiger partial charge in [0.2, 0.25) is 0 Å². The number of para-hydroxylation sites is 1. The van der Waals surface area contributed by atoms with E-state index in [9.17, 15) is 4.79 Å². The van der Waals surface area contributed by atoms with Gasteiger partial charge in [-0.1, -0.05) is 24.1 Å². The molecule has 0 aliphatic carbocycles. The SMILES string of the molecule is CC#CC/C(=C/OP(NCC(=O)OC(C)C)Oc1ccccc1)OC. The van der Waals surface area contributed by atoms with Crippen LogP contribution in [-0.4, -0.2) is 25.7 Å². The lowest BCUT2D eigenvalue weighted by molar-refractivity contribution is -0.145. The highest BCUT2D eigenvalue weighted by Crippen LogP contribution is 2.35. The number of ether oxygens (including phenoxy) is 2. The summed E-state index contributed by atoms with van der Waals surface area (Å²) < 4.78 is 21.7. The predicted molar refractivity (Wildman–Crippen MR) is 97.5 cm³/mol. The van der Waals surface area contributed by atoms with Crippen molar-refractivity contribution in [1.29, 1.82) is 0 Å². The minimum absolute atomic E-state index is 0.0262. The molecule has 0 aromatic heterocycles. The molecule has 1 N–H and O–H groups in total. The summed E-state index contributed by atoms with van der Waals surface area (Å²) in [6.07, 6.45) is 1.69. The molecular formula is C18H24NO5P. The molecule has 1 aromatic rings. The van der Waals surface area contributed by atoms with E-state index in [0.717, 1.165) is 0 Å². The Hall–Kier alpha value is -2.22. The van der Waals surface area contributed by atoms with Crippen LogP contribution in [0.4, 0.5) is 0 Å². The fourth-order valence-corrected chi connectivity index (χ4v) is 2.51. The largest absolute Gasteiger partial charge is 0.497 e. The van der Waals surface area contributed by atoms with Crippen LogP contribution < -0.4 is 9.61 Å². The Labute approximate surface area is 150 Å².